The van der Waals surface area contributed by atoms with Crippen molar-refractivity contribution in [3.8, 4) is 11.4 Å². The Morgan fingerprint density at radius 1 is 1.19 bits per heavy atom. The van der Waals surface area contributed by atoms with Crippen LogP contribution in [0.15, 0.2) is 48.8 Å². The van der Waals surface area contributed by atoms with Crippen LogP contribution in [0.5, 0.6) is 5.75 Å². The van der Waals surface area contributed by atoms with Crippen LogP contribution in [0.25, 0.3) is 5.69 Å². The normalized spacial score (nSPS) is 10.7. The van der Waals surface area contributed by atoms with Crippen LogP contribution in [0, 0.1) is 6.92 Å². The molecule has 6 heteroatoms. The maximum absolute atomic E-state index is 6.01. The van der Waals surface area contributed by atoms with E-state index >= 15 is 0 Å². The van der Waals surface area contributed by atoms with Crippen LogP contribution in [0.4, 0.5) is 11.8 Å². The smallest absolute Gasteiger partial charge is 0.222 e. The first-order chi connectivity index (χ1) is 12.7. The Kier molecular flexibility index (Phi) is 5.73. The van der Waals surface area contributed by atoms with Gasteiger partial charge in [-0.1, -0.05) is 31.5 Å². The molecule has 0 fully saturated rings. The van der Waals surface area contributed by atoms with Crippen molar-refractivity contribution in [2.24, 2.45) is 0 Å². The van der Waals surface area contributed by atoms with E-state index in [9.17, 15) is 0 Å². The van der Waals surface area contributed by atoms with Gasteiger partial charge in [0.15, 0.2) is 11.6 Å². The Morgan fingerprint density at radius 2 is 2.04 bits per heavy atom. The number of hydrogen-bond acceptors (Lipinski definition) is 5. The summed E-state index contributed by atoms with van der Waals surface area (Å²) in [6.07, 6.45) is 5.83. The van der Waals surface area contributed by atoms with Crippen molar-refractivity contribution in [3.63, 3.8) is 0 Å². The van der Waals surface area contributed by atoms with Gasteiger partial charge in [-0.15, -0.1) is 0 Å². The molecule has 0 saturated carbocycles. The number of nitrogens with two attached hydrogens (primary N) is 1. The van der Waals surface area contributed by atoms with Crippen molar-refractivity contribution >= 4 is 11.8 Å². The highest BCUT2D eigenvalue weighted by Gasteiger charge is 2.10. The highest BCUT2D eigenvalue weighted by Crippen LogP contribution is 2.24. The lowest BCUT2D eigenvalue weighted by Crippen LogP contribution is -2.10. The van der Waals surface area contributed by atoms with Crippen molar-refractivity contribution in [3.05, 3.63) is 60.0 Å². The summed E-state index contributed by atoms with van der Waals surface area (Å²) in [7, 11) is 0. The van der Waals surface area contributed by atoms with Crippen molar-refractivity contribution in [1.29, 1.82) is 0 Å². The van der Waals surface area contributed by atoms with Gasteiger partial charge in [-0.3, -0.25) is 0 Å². The number of aryl methyl sites for hydroxylation is 1. The fraction of sp³-hybridized carbons (Fsp3) is 0.300. The van der Waals surface area contributed by atoms with Crippen molar-refractivity contribution < 1.29 is 4.74 Å². The number of nitrogen functional groups attached to an aromatic ring is 1. The molecular formula is C20H25N5O. The fourth-order valence-corrected chi connectivity index (χ4v) is 2.75. The van der Waals surface area contributed by atoms with Crippen LogP contribution in [-0.4, -0.2) is 21.1 Å². The first kappa shape index (κ1) is 17.8. The number of para-hydroxylation sites is 1. The van der Waals surface area contributed by atoms with E-state index in [4.69, 9.17) is 10.5 Å². The summed E-state index contributed by atoms with van der Waals surface area (Å²) >= 11 is 0. The summed E-state index contributed by atoms with van der Waals surface area (Å²) in [6, 6.07) is 12.3. The van der Waals surface area contributed by atoms with Crippen LogP contribution >= 0.6 is 0 Å². The van der Waals surface area contributed by atoms with Gasteiger partial charge in [0.1, 0.15) is 6.61 Å². The molecule has 2 heterocycles. The Morgan fingerprint density at radius 3 is 2.85 bits per heavy atom. The van der Waals surface area contributed by atoms with Gasteiger partial charge in [-0.05, 0) is 37.1 Å². The number of nitrogens with one attached hydrogen (secondary N) is 1. The summed E-state index contributed by atoms with van der Waals surface area (Å²) in [5, 5.41) is 3.28. The molecule has 2 aromatic heterocycles. The van der Waals surface area contributed by atoms with Gasteiger partial charge in [0.2, 0.25) is 5.95 Å². The minimum absolute atomic E-state index is 0.236. The first-order valence-electron chi connectivity index (χ1n) is 8.90. The molecule has 3 rings (SSSR count). The molecule has 0 aliphatic rings. The van der Waals surface area contributed by atoms with Gasteiger partial charge in [-0.2, -0.15) is 4.98 Å². The maximum Gasteiger partial charge on any atom is 0.222 e. The lowest BCUT2D eigenvalue weighted by Gasteiger charge is -2.15. The minimum atomic E-state index is 0.236. The molecular weight excluding hydrogens is 326 g/mol. The quantitative estimate of drug-likeness (QED) is 0.601. The highest BCUT2D eigenvalue weighted by atomic mass is 16.5. The van der Waals surface area contributed by atoms with Gasteiger partial charge in [-0.25, -0.2) is 4.98 Å². The van der Waals surface area contributed by atoms with E-state index in [-0.39, 0.29) is 5.95 Å². The summed E-state index contributed by atoms with van der Waals surface area (Å²) in [6.45, 7) is 5.48. The molecule has 3 N–H and O–H groups in total. The maximum atomic E-state index is 6.01. The molecule has 0 amide bonds. The molecule has 0 bridgehead atoms. The SMILES string of the molecule is CCCCNc1nc(N)ncc1OCc1cccn1-c1ccccc1C. The molecule has 1 aromatic carbocycles. The average molecular weight is 351 g/mol. The number of ether oxygens (including phenoxy) is 1. The first-order valence-corrected chi connectivity index (χ1v) is 8.90. The number of anilines is 2. The number of hydrogen-bond donors (Lipinski definition) is 2. The second-order valence-electron chi connectivity index (χ2n) is 6.17. The molecule has 136 valence electrons. The summed E-state index contributed by atoms with van der Waals surface area (Å²) in [4.78, 5) is 8.32. The van der Waals surface area contributed by atoms with Crippen molar-refractivity contribution in [2.75, 3.05) is 17.6 Å². The molecule has 0 spiro atoms. The van der Waals surface area contributed by atoms with E-state index in [2.05, 4.69) is 51.9 Å². The molecule has 3 aromatic rings. The van der Waals surface area contributed by atoms with Gasteiger partial charge in [0.05, 0.1) is 11.9 Å². The third kappa shape index (κ3) is 4.14. The second-order valence-corrected chi connectivity index (χ2v) is 6.17. The predicted molar refractivity (Wildman–Crippen MR) is 105 cm³/mol. The van der Waals surface area contributed by atoms with E-state index in [0.717, 1.165) is 30.8 Å². The Balaban J connectivity index is 1.76. The number of benzene rings is 1. The topological polar surface area (TPSA) is 78.0 Å². The largest absolute Gasteiger partial charge is 0.482 e. The van der Waals surface area contributed by atoms with E-state index in [1.807, 2.05) is 24.4 Å². The number of nitrogens with zero attached hydrogens (tertiary/aromatic N) is 3. The van der Waals surface area contributed by atoms with E-state index in [0.29, 0.717) is 18.2 Å². The molecule has 0 unspecified atom stereocenters. The lowest BCUT2D eigenvalue weighted by atomic mass is 10.2. The molecule has 0 aliphatic carbocycles. The van der Waals surface area contributed by atoms with Gasteiger partial charge < -0.3 is 20.4 Å². The van der Waals surface area contributed by atoms with Crippen LogP contribution in [0.2, 0.25) is 0 Å². The molecule has 0 atom stereocenters. The van der Waals surface area contributed by atoms with Crippen molar-refractivity contribution in [1.82, 2.24) is 14.5 Å². The zero-order chi connectivity index (χ0) is 18.4. The Labute approximate surface area is 154 Å². The van der Waals surface area contributed by atoms with Gasteiger partial charge in [0, 0.05) is 18.4 Å². The average Bonchev–Trinajstić information content (AvgIpc) is 3.10. The Bertz CT molecular complexity index is 859. The fourth-order valence-electron chi connectivity index (χ4n) is 2.75. The van der Waals surface area contributed by atoms with Crippen LogP contribution in [-0.2, 0) is 6.61 Å². The predicted octanol–water partition coefficient (Wildman–Crippen LogP) is 3.95. The number of unbranched alkanes of at least 4 members (excludes halogenated alkanes) is 1. The molecule has 0 radical (unpaired) electrons. The van der Waals surface area contributed by atoms with Crippen LogP contribution in [0.3, 0.4) is 0 Å². The summed E-state index contributed by atoms with van der Waals surface area (Å²) in [5.41, 5.74) is 9.12. The van der Waals surface area contributed by atoms with Gasteiger partial charge in [0.25, 0.3) is 0 Å². The monoisotopic (exact) mass is 351 g/mol. The zero-order valence-electron chi connectivity index (χ0n) is 15.3. The van der Waals surface area contributed by atoms with E-state index < -0.39 is 0 Å². The van der Waals surface area contributed by atoms with Crippen LogP contribution < -0.4 is 15.8 Å². The third-order valence-electron chi connectivity index (χ3n) is 4.18. The highest BCUT2D eigenvalue weighted by molar-refractivity contribution is 5.51. The number of rotatable bonds is 8. The minimum Gasteiger partial charge on any atom is -0.482 e. The molecule has 6 nitrogen and oxygen atoms in total. The summed E-state index contributed by atoms with van der Waals surface area (Å²) in [5.74, 6) is 1.48. The molecule has 26 heavy (non-hydrogen) atoms. The van der Waals surface area contributed by atoms with Crippen molar-refractivity contribution in [2.45, 2.75) is 33.3 Å². The Hall–Kier alpha value is -3.02. The van der Waals surface area contributed by atoms with Gasteiger partial charge >= 0.3 is 0 Å². The molecule has 0 saturated heterocycles. The standard InChI is InChI=1S/C20H25N5O/c1-3-4-11-22-19-18(13-23-20(21)24-19)26-14-16-9-7-12-25(16)17-10-6-5-8-15(17)2/h5-10,12-13H,3-4,11,14H2,1-2H3,(H3,21,22,23,24). The zero-order valence-corrected chi connectivity index (χ0v) is 15.3. The van der Waals surface area contributed by atoms with Crippen LogP contribution in [0.1, 0.15) is 31.0 Å². The molecule has 0 aliphatic heterocycles. The third-order valence-corrected chi connectivity index (χ3v) is 4.18. The van der Waals surface area contributed by atoms with E-state index in [1.54, 1.807) is 6.20 Å². The van der Waals surface area contributed by atoms with E-state index in [1.165, 1.54) is 5.56 Å². The number of aromatic nitrogens is 3. The lowest BCUT2D eigenvalue weighted by molar-refractivity contribution is 0.298. The summed E-state index contributed by atoms with van der Waals surface area (Å²) < 4.78 is 8.14. The second kappa shape index (κ2) is 8.38.